The zero-order valence-electron chi connectivity index (χ0n) is 14.8. The lowest BCUT2D eigenvalue weighted by molar-refractivity contribution is -0.102. The Morgan fingerprint density at radius 2 is 2.08 bits per heavy atom. The van der Waals surface area contributed by atoms with Gasteiger partial charge in [-0.05, 0) is 37.0 Å². The number of aromatic nitrogens is 3. The average Bonchev–Trinajstić information content (AvgIpc) is 3.23. The summed E-state index contributed by atoms with van der Waals surface area (Å²) in [5, 5.41) is 0. The maximum Gasteiger partial charge on any atom is 0.122 e. The zero-order valence-corrected chi connectivity index (χ0v) is 14.8. The number of ether oxygens (including phenoxy) is 2. The van der Waals surface area contributed by atoms with Gasteiger partial charge in [0.15, 0.2) is 0 Å². The third kappa shape index (κ3) is 3.92. The van der Waals surface area contributed by atoms with Crippen molar-refractivity contribution < 1.29 is 9.47 Å². The number of fused-ring (bicyclic) bond motifs is 1. The second-order valence-electron chi connectivity index (χ2n) is 7.03. The minimum atomic E-state index is 0.219. The molecule has 25 heavy (non-hydrogen) atoms. The van der Waals surface area contributed by atoms with Crippen LogP contribution in [0.25, 0.3) is 0 Å². The molecule has 134 valence electrons. The zero-order chi connectivity index (χ0) is 17.1. The Labute approximate surface area is 148 Å². The summed E-state index contributed by atoms with van der Waals surface area (Å²) in [6, 6.07) is 4.50. The summed E-state index contributed by atoms with van der Waals surface area (Å²) in [4.78, 5) is 11.0. The molecule has 2 aliphatic rings. The number of hydrogen-bond donors (Lipinski definition) is 0. The smallest absolute Gasteiger partial charge is 0.122 e. The van der Waals surface area contributed by atoms with Gasteiger partial charge in [0.2, 0.25) is 0 Å². The highest BCUT2D eigenvalue weighted by molar-refractivity contribution is 5.07. The van der Waals surface area contributed by atoms with Gasteiger partial charge in [-0.1, -0.05) is 0 Å². The summed E-state index contributed by atoms with van der Waals surface area (Å²) in [6.07, 6.45) is 11.4. The summed E-state index contributed by atoms with van der Waals surface area (Å²) in [6.45, 7) is 3.30. The molecule has 3 atom stereocenters. The standard InChI is InChI=1S/C19H26N4O2/c1-22-11-9-21-19(22)12-23-10-6-18-17(23)3-2-16(25-18)14-24-13-15-4-7-20-8-5-15/h4-5,7-9,11,16-18H,2-3,6,10,12-14H2,1H3/t16-,17-,18-/m0/s1. The molecule has 6 heteroatoms. The predicted octanol–water partition coefficient (Wildman–Crippen LogP) is 2.15. The van der Waals surface area contributed by atoms with Crippen molar-refractivity contribution in [1.29, 1.82) is 0 Å². The van der Waals surface area contributed by atoms with Crippen LogP contribution >= 0.6 is 0 Å². The molecule has 4 rings (SSSR count). The van der Waals surface area contributed by atoms with Crippen molar-refractivity contribution in [2.24, 2.45) is 7.05 Å². The van der Waals surface area contributed by atoms with E-state index in [1.807, 2.05) is 24.5 Å². The van der Waals surface area contributed by atoms with Crippen LogP contribution in [-0.2, 0) is 29.7 Å². The van der Waals surface area contributed by atoms with Crippen LogP contribution in [0, 0.1) is 0 Å². The van der Waals surface area contributed by atoms with Gasteiger partial charge >= 0.3 is 0 Å². The van der Waals surface area contributed by atoms with Crippen LogP contribution in [0.1, 0.15) is 30.7 Å². The minimum absolute atomic E-state index is 0.219. The normalized spacial score (nSPS) is 26.7. The van der Waals surface area contributed by atoms with Crippen molar-refractivity contribution in [3.63, 3.8) is 0 Å². The van der Waals surface area contributed by atoms with Crippen molar-refractivity contribution in [2.75, 3.05) is 13.2 Å². The van der Waals surface area contributed by atoms with E-state index in [0.29, 0.717) is 25.4 Å². The molecule has 0 bridgehead atoms. The first-order valence-corrected chi connectivity index (χ1v) is 9.12. The third-order valence-corrected chi connectivity index (χ3v) is 5.34. The van der Waals surface area contributed by atoms with E-state index in [9.17, 15) is 0 Å². The molecule has 0 aliphatic carbocycles. The fourth-order valence-corrected chi connectivity index (χ4v) is 3.92. The number of imidazole rings is 1. The van der Waals surface area contributed by atoms with E-state index in [2.05, 4.69) is 26.5 Å². The Bertz CT molecular complexity index is 675. The van der Waals surface area contributed by atoms with Crippen LogP contribution < -0.4 is 0 Å². The molecule has 2 aromatic heterocycles. The van der Waals surface area contributed by atoms with Crippen LogP contribution in [0.2, 0.25) is 0 Å². The molecular weight excluding hydrogens is 316 g/mol. The third-order valence-electron chi connectivity index (χ3n) is 5.34. The Hall–Kier alpha value is -1.76. The Morgan fingerprint density at radius 1 is 1.20 bits per heavy atom. The molecule has 2 fully saturated rings. The number of nitrogens with zero attached hydrogens (tertiary/aromatic N) is 4. The maximum absolute atomic E-state index is 6.32. The summed E-state index contributed by atoms with van der Waals surface area (Å²) < 4.78 is 14.3. The lowest BCUT2D eigenvalue weighted by Gasteiger charge is -2.35. The fourth-order valence-electron chi connectivity index (χ4n) is 3.92. The van der Waals surface area contributed by atoms with E-state index in [0.717, 1.165) is 37.3 Å². The number of rotatable bonds is 6. The molecule has 2 aliphatic heterocycles. The molecule has 0 aromatic carbocycles. The van der Waals surface area contributed by atoms with Crippen molar-refractivity contribution in [1.82, 2.24) is 19.4 Å². The van der Waals surface area contributed by atoms with Gasteiger partial charge in [-0.15, -0.1) is 0 Å². The van der Waals surface area contributed by atoms with Gasteiger partial charge < -0.3 is 14.0 Å². The van der Waals surface area contributed by atoms with Gasteiger partial charge in [0.1, 0.15) is 5.82 Å². The van der Waals surface area contributed by atoms with E-state index >= 15 is 0 Å². The molecular formula is C19H26N4O2. The molecule has 4 heterocycles. The van der Waals surface area contributed by atoms with Crippen LogP contribution in [0.4, 0.5) is 0 Å². The second kappa shape index (κ2) is 7.64. The first-order valence-electron chi connectivity index (χ1n) is 9.12. The molecule has 0 saturated carbocycles. The van der Waals surface area contributed by atoms with Gasteiger partial charge in [-0.3, -0.25) is 9.88 Å². The lowest BCUT2D eigenvalue weighted by atomic mass is 9.99. The molecule has 6 nitrogen and oxygen atoms in total. The van der Waals surface area contributed by atoms with Crippen molar-refractivity contribution in [3.8, 4) is 0 Å². The van der Waals surface area contributed by atoms with Crippen LogP contribution in [0.5, 0.6) is 0 Å². The number of aryl methyl sites for hydroxylation is 1. The molecule has 2 aromatic rings. The van der Waals surface area contributed by atoms with E-state index in [-0.39, 0.29) is 6.10 Å². The quantitative estimate of drug-likeness (QED) is 0.805. The molecule has 0 radical (unpaired) electrons. The van der Waals surface area contributed by atoms with Gasteiger partial charge in [0, 0.05) is 44.4 Å². The number of likely N-dealkylation sites (tertiary alicyclic amines) is 1. The summed E-state index contributed by atoms with van der Waals surface area (Å²) in [7, 11) is 2.06. The number of pyridine rings is 1. The van der Waals surface area contributed by atoms with Gasteiger partial charge in [-0.25, -0.2) is 4.98 Å². The second-order valence-corrected chi connectivity index (χ2v) is 7.03. The monoisotopic (exact) mass is 342 g/mol. The fraction of sp³-hybridized carbons (Fsp3) is 0.579. The first-order chi connectivity index (χ1) is 12.3. The van der Waals surface area contributed by atoms with Crippen LogP contribution in [-0.4, -0.2) is 50.8 Å². The molecule has 0 N–H and O–H groups in total. The van der Waals surface area contributed by atoms with Gasteiger partial charge in [-0.2, -0.15) is 0 Å². The Kier molecular flexibility index (Phi) is 5.10. The highest BCUT2D eigenvalue weighted by atomic mass is 16.5. The molecule has 0 spiro atoms. The SMILES string of the molecule is Cn1ccnc1CN1CC[C@@H]2O[C@H](COCc3ccncc3)CC[C@@H]21. The molecule has 0 amide bonds. The largest absolute Gasteiger partial charge is 0.374 e. The highest BCUT2D eigenvalue weighted by Gasteiger charge is 2.40. The van der Waals surface area contributed by atoms with E-state index in [1.165, 1.54) is 6.42 Å². The van der Waals surface area contributed by atoms with Gasteiger partial charge in [0.25, 0.3) is 0 Å². The highest BCUT2D eigenvalue weighted by Crippen LogP contribution is 2.32. The van der Waals surface area contributed by atoms with E-state index in [1.54, 1.807) is 12.4 Å². The topological polar surface area (TPSA) is 52.4 Å². The predicted molar refractivity (Wildman–Crippen MR) is 93.8 cm³/mol. The van der Waals surface area contributed by atoms with Crippen molar-refractivity contribution in [3.05, 3.63) is 48.3 Å². The number of hydrogen-bond acceptors (Lipinski definition) is 5. The molecule has 0 unspecified atom stereocenters. The van der Waals surface area contributed by atoms with Crippen LogP contribution in [0.3, 0.4) is 0 Å². The van der Waals surface area contributed by atoms with Crippen molar-refractivity contribution >= 4 is 0 Å². The molecule has 2 saturated heterocycles. The first kappa shape index (κ1) is 16.7. The van der Waals surface area contributed by atoms with Gasteiger partial charge in [0.05, 0.1) is 32.0 Å². The Morgan fingerprint density at radius 3 is 2.88 bits per heavy atom. The lowest BCUT2D eigenvalue weighted by Crippen LogP contribution is -2.43. The summed E-state index contributed by atoms with van der Waals surface area (Å²) in [5.74, 6) is 1.13. The minimum Gasteiger partial charge on any atom is -0.374 e. The van der Waals surface area contributed by atoms with Crippen molar-refractivity contribution in [2.45, 2.75) is 50.7 Å². The van der Waals surface area contributed by atoms with E-state index in [4.69, 9.17) is 9.47 Å². The summed E-state index contributed by atoms with van der Waals surface area (Å²) in [5.41, 5.74) is 1.16. The van der Waals surface area contributed by atoms with E-state index < -0.39 is 0 Å². The van der Waals surface area contributed by atoms with Crippen LogP contribution in [0.15, 0.2) is 36.9 Å². The Balaban J connectivity index is 1.25. The summed E-state index contributed by atoms with van der Waals surface area (Å²) >= 11 is 0. The average molecular weight is 342 g/mol. The maximum atomic E-state index is 6.32.